The second-order valence-electron chi connectivity index (χ2n) is 9.38. The van der Waals surface area contributed by atoms with Crippen molar-refractivity contribution in [3.63, 3.8) is 0 Å². The summed E-state index contributed by atoms with van der Waals surface area (Å²) in [5.74, 6) is -1.17. The summed E-state index contributed by atoms with van der Waals surface area (Å²) >= 11 is 6.81. The Labute approximate surface area is 201 Å². The molecule has 178 valence electrons. The summed E-state index contributed by atoms with van der Waals surface area (Å²) in [4.78, 5) is 27.9. The summed E-state index contributed by atoms with van der Waals surface area (Å²) in [6.45, 7) is 9.98. The minimum Gasteiger partial charge on any atom is -0.444 e. The second kappa shape index (κ2) is 10.5. The van der Waals surface area contributed by atoms with Crippen molar-refractivity contribution in [2.75, 3.05) is 27.4 Å². The molecular formula is C21H34Br2N2O6. The van der Waals surface area contributed by atoms with Gasteiger partial charge in [0.2, 0.25) is 11.7 Å². The molecule has 0 spiro atoms. The van der Waals surface area contributed by atoms with Crippen LogP contribution < -0.4 is 5.32 Å². The summed E-state index contributed by atoms with van der Waals surface area (Å²) in [7, 11) is 3.10. The number of carbonyl (C=O) groups excluding carboxylic acids is 2. The third kappa shape index (κ3) is 6.43. The first kappa shape index (κ1) is 26.6. The number of rotatable bonds is 7. The fraction of sp³-hybridized carbons (Fsp3) is 0.810. The van der Waals surface area contributed by atoms with Gasteiger partial charge in [-0.3, -0.25) is 4.79 Å². The smallest absolute Gasteiger partial charge is 0.408 e. The number of nitrogens with zero attached hydrogens (tertiary/aromatic N) is 1. The molecule has 2 saturated heterocycles. The highest BCUT2D eigenvalue weighted by molar-refractivity contribution is 9.28. The number of nitrogens with one attached hydrogen (secondary N) is 1. The lowest BCUT2D eigenvalue weighted by Crippen LogP contribution is -2.59. The predicted octanol–water partition coefficient (Wildman–Crippen LogP) is 3.77. The van der Waals surface area contributed by atoms with Crippen molar-refractivity contribution in [2.24, 2.45) is 11.8 Å². The van der Waals surface area contributed by atoms with E-state index in [9.17, 15) is 9.59 Å². The Morgan fingerprint density at radius 1 is 1.26 bits per heavy atom. The molecule has 0 bridgehead atoms. The molecule has 8 nitrogen and oxygen atoms in total. The quantitative estimate of drug-likeness (QED) is 0.470. The molecule has 2 fully saturated rings. The van der Waals surface area contributed by atoms with Crippen LogP contribution in [0.25, 0.3) is 0 Å². The molecule has 2 amide bonds. The van der Waals surface area contributed by atoms with Gasteiger partial charge in [-0.05, 0) is 65.0 Å². The summed E-state index contributed by atoms with van der Waals surface area (Å²) < 4.78 is 23.6. The molecule has 0 saturated carbocycles. The number of alkyl carbamates (subject to hydrolysis) is 1. The van der Waals surface area contributed by atoms with Crippen LogP contribution in [0.5, 0.6) is 0 Å². The van der Waals surface area contributed by atoms with Gasteiger partial charge in [0, 0.05) is 26.7 Å². The number of hydrogen-bond donors (Lipinski definition) is 1. The number of fused-ring (bicyclic) bond motifs is 1. The Kier molecular flexibility index (Phi) is 9.00. The van der Waals surface area contributed by atoms with Crippen LogP contribution in [0.2, 0.25) is 0 Å². The highest BCUT2D eigenvalue weighted by atomic mass is 79.9. The van der Waals surface area contributed by atoms with Crippen molar-refractivity contribution in [3.8, 4) is 0 Å². The molecule has 31 heavy (non-hydrogen) atoms. The molecular weight excluding hydrogens is 536 g/mol. The van der Waals surface area contributed by atoms with Gasteiger partial charge >= 0.3 is 6.09 Å². The van der Waals surface area contributed by atoms with E-state index in [1.165, 1.54) is 0 Å². The molecule has 0 aromatic heterocycles. The third-order valence-electron chi connectivity index (χ3n) is 5.41. The molecule has 0 aromatic rings. The Hall–Kier alpha value is -0.680. The van der Waals surface area contributed by atoms with Crippen LogP contribution in [0.1, 0.15) is 41.0 Å². The maximum atomic E-state index is 13.7. The Balaban J connectivity index is 2.34. The van der Waals surface area contributed by atoms with Gasteiger partial charge < -0.3 is 29.2 Å². The van der Waals surface area contributed by atoms with Crippen LogP contribution in [0.3, 0.4) is 0 Å². The molecule has 0 aliphatic carbocycles. The van der Waals surface area contributed by atoms with Crippen molar-refractivity contribution in [3.05, 3.63) is 9.47 Å². The van der Waals surface area contributed by atoms with E-state index in [1.54, 1.807) is 39.9 Å². The van der Waals surface area contributed by atoms with E-state index in [0.717, 1.165) is 3.39 Å². The summed E-state index contributed by atoms with van der Waals surface area (Å²) in [6.07, 6.45) is 1.53. The number of ether oxygens (including phenoxy) is 4. The average Bonchev–Trinajstić information content (AvgIpc) is 3.17. The molecule has 0 radical (unpaired) electrons. The maximum absolute atomic E-state index is 13.7. The van der Waals surface area contributed by atoms with Gasteiger partial charge in [0.15, 0.2) is 0 Å². The zero-order valence-electron chi connectivity index (χ0n) is 19.2. The van der Waals surface area contributed by atoms with Gasteiger partial charge in [-0.15, -0.1) is 0 Å². The Morgan fingerprint density at radius 3 is 2.35 bits per heavy atom. The number of halogens is 2. The predicted molar refractivity (Wildman–Crippen MR) is 124 cm³/mol. The Bertz CT molecular complexity index is 686. The topological polar surface area (TPSA) is 86.3 Å². The molecule has 2 aliphatic heterocycles. The van der Waals surface area contributed by atoms with E-state index in [0.29, 0.717) is 13.0 Å². The van der Waals surface area contributed by atoms with E-state index in [2.05, 4.69) is 37.2 Å². The standard InChI is InChI=1S/C21H34Br2N2O6/c1-12(2)8-14(24-19(27)31-20(3,4)5)18(26)25-10-13(9-15(22)23)16-17(25)21(28-6,29-7)11-30-16/h9,12-14,16-17H,8,10-11H2,1-7H3,(H,24,27). The lowest BCUT2D eigenvalue weighted by atomic mass is 9.98. The highest BCUT2D eigenvalue weighted by Gasteiger charge is 2.61. The maximum Gasteiger partial charge on any atom is 0.408 e. The van der Waals surface area contributed by atoms with Crippen LogP contribution in [-0.2, 0) is 23.7 Å². The monoisotopic (exact) mass is 568 g/mol. The molecule has 0 aromatic carbocycles. The van der Waals surface area contributed by atoms with Gasteiger partial charge in [-0.25, -0.2) is 4.79 Å². The van der Waals surface area contributed by atoms with E-state index in [-0.39, 0.29) is 30.5 Å². The lowest BCUT2D eigenvalue weighted by Gasteiger charge is -2.37. The summed E-state index contributed by atoms with van der Waals surface area (Å²) in [5.41, 5.74) is -0.660. The largest absolute Gasteiger partial charge is 0.444 e. The molecule has 4 unspecified atom stereocenters. The first-order chi connectivity index (χ1) is 14.3. The zero-order valence-corrected chi connectivity index (χ0v) is 22.4. The van der Waals surface area contributed by atoms with Gasteiger partial charge in [-0.1, -0.05) is 19.9 Å². The number of methoxy groups -OCH3 is 2. The first-order valence-corrected chi connectivity index (χ1v) is 12.0. The molecule has 2 rings (SSSR count). The van der Waals surface area contributed by atoms with E-state index in [1.807, 2.05) is 19.9 Å². The lowest BCUT2D eigenvalue weighted by molar-refractivity contribution is -0.227. The van der Waals surface area contributed by atoms with E-state index < -0.39 is 29.6 Å². The van der Waals surface area contributed by atoms with Crippen molar-refractivity contribution in [1.29, 1.82) is 0 Å². The van der Waals surface area contributed by atoms with Crippen LogP contribution in [0.15, 0.2) is 9.47 Å². The van der Waals surface area contributed by atoms with Gasteiger partial charge in [-0.2, -0.15) is 0 Å². The minimum absolute atomic E-state index is 0.0731. The van der Waals surface area contributed by atoms with Crippen molar-refractivity contribution in [1.82, 2.24) is 10.2 Å². The van der Waals surface area contributed by atoms with Crippen LogP contribution >= 0.6 is 31.9 Å². The number of hydrogen-bond acceptors (Lipinski definition) is 6. The number of likely N-dealkylation sites (tertiary alicyclic amines) is 1. The van der Waals surface area contributed by atoms with E-state index in [4.69, 9.17) is 18.9 Å². The van der Waals surface area contributed by atoms with Crippen LogP contribution in [-0.4, -0.2) is 73.8 Å². The van der Waals surface area contributed by atoms with Crippen LogP contribution in [0, 0.1) is 11.8 Å². The fourth-order valence-corrected chi connectivity index (χ4v) is 4.86. The minimum atomic E-state index is -1.07. The van der Waals surface area contributed by atoms with Crippen molar-refractivity contribution in [2.45, 2.75) is 70.6 Å². The third-order valence-corrected chi connectivity index (χ3v) is 5.94. The van der Waals surface area contributed by atoms with Crippen molar-refractivity contribution < 1.29 is 28.5 Å². The van der Waals surface area contributed by atoms with Crippen LogP contribution in [0.4, 0.5) is 4.79 Å². The number of amides is 2. The summed E-state index contributed by atoms with van der Waals surface area (Å²) in [5, 5.41) is 2.77. The average molecular weight is 570 g/mol. The Morgan fingerprint density at radius 2 is 1.87 bits per heavy atom. The molecule has 2 aliphatic rings. The van der Waals surface area contributed by atoms with Gasteiger partial charge in [0.05, 0.1) is 9.50 Å². The molecule has 2 heterocycles. The van der Waals surface area contributed by atoms with Crippen molar-refractivity contribution >= 4 is 43.9 Å². The van der Waals surface area contributed by atoms with Gasteiger partial charge in [0.1, 0.15) is 24.3 Å². The number of carbonyl (C=O) groups is 2. The molecule has 1 N–H and O–H groups in total. The molecule has 4 atom stereocenters. The normalized spacial score (nSPS) is 25.9. The first-order valence-electron chi connectivity index (χ1n) is 10.4. The zero-order chi connectivity index (χ0) is 23.6. The SMILES string of the molecule is COC1(OC)COC2C(C=C(Br)Br)CN(C(=O)C(CC(C)C)NC(=O)OC(C)(C)C)C21. The van der Waals surface area contributed by atoms with Gasteiger partial charge in [0.25, 0.3) is 0 Å². The fourth-order valence-electron chi connectivity index (χ4n) is 4.18. The molecule has 10 heteroatoms. The summed E-state index contributed by atoms with van der Waals surface area (Å²) in [6, 6.07) is -1.19. The highest BCUT2D eigenvalue weighted by Crippen LogP contribution is 2.43. The second-order valence-corrected chi connectivity index (χ2v) is 12.2. The van der Waals surface area contributed by atoms with E-state index >= 15 is 0 Å².